The van der Waals surface area contributed by atoms with E-state index in [1.54, 1.807) is 12.4 Å². The molecule has 0 aliphatic heterocycles. The first-order valence-corrected chi connectivity index (χ1v) is 5.65. The molecule has 2 rings (SSSR count). The summed E-state index contributed by atoms with van der Waals surface area (Å²) in [5.74, 6) is 0.783. The Balaban J connectivity index is 2.32. The van der Waals surface area contributed by atoms with Crippen molar-refractivity contribution in [2.75, 3.05) is 6.61 Å². The van der Waals surface area contributed by atoms with Crippen LogP contribution in [0.5, 0.6) is 0 Å². The third kappa shape index (κ3) is 3.07. The van der Waals surface area contributed by atoms with E-state index < -0.39 is 0 Å². The summed E-state index contributed by atoms with van der Waals surface area (Å²) in [6.07, 6.45) is 4.90. The molecule has 0 bridgehead atoms. The first-order chi connectivity index (χ1) is 8.29. The van der Waals surface area contributed by atoms with E-state index in [1.807, 2.05) is 25.1 Å². The summed E-state index contributed by atoms with van der Waals surface area (Å²) in [7, 11) is 0. The maximum absolute atomic E-state index is 8.82. The normalized spacial score (nSPS) is 10.5. The third-order valence-electron chi connectivity index (χ3n) is 2.44. The molecule has 0 aromatic carbocycles. The fraction of sp³-hybridized carbons (Fsp3) is 0.308. The molecule has 4 nitrogen and oxygen atoms in total. The molecule has 0 spiro atoms. The zero-order chi connectivity index (χ0) is 12.1. The molecular formula is C13H15N3O. The van der Waals surface area contributed by atoms with E-state index in [1.165, 1.54) is 0 Å². The minimum absolute atomic E-state index is 0.169. The van der Waals surface area contributed by atoms with Gasteiger partial charge in [0.2, 0.25) is 0 Å². The minimum atomic E-state index is 0.169. The van der Waals surface area contributed by atoms with E-state index in [9.17, 15) is 0 Å². The minimum Gasteiger partial charge on any atom is -0.396 e. The summed E-state index contributed by atoms with van der Waals surface area (Å²) < 4.78 is 0. The maximum atomic E-state index is 8.82. The van der Waals surface area contributed by atoms with Crippen molar-refractivity contribution in [2.45, 2.75) is 19.8 Å². The van der Waals surface area contributed by atoms with Crippen molar-refractivity contribution in [3.05, 3.63) is 42.1 Å². The van der Waals surface area contributed by atoms with Crippen LogP contribution in [-0.2, 0) is 6.42 Å². The van der Waals surface area contributed by atoms with Crippen molar-refractivity contribution < 1.29 is 5.11 Å². The van der Waals surface area contributed by atoms with Gasteiger partial charge in [-0.1, -0.05) is 0 Å². The van der Waals surface area contributed by atoms with Gasteiger partial charge in [-0.25, -0.2) is 9.97 Å². The Kier molecular flexibility index (Phi) is 3.77. The second-order valence-corrected chi connectivity index (χ2v) is 3.87. The molecule has 0 radical (unpaired) electrons. The molecule has 0 amide bonds. The number of aryl methyl sites for hydroxylation is 2. The van der Waals surface area contributed by atoms with Crippen LogP contribution in [-0.4, -0.2) is 26.7 Å². The zero-order valence-electron chi connectivity index (χ0n) is 9.80. The summed E-state index contributed by atoms with van der Waals surface area (Å²) in [5, 5.41) is 8.82. The van der Waals surface area contributed by atoms with E-state index in [0.29, 0.717) is 12.8 Å². The molecule has 88 valence electrons. The highest BCUT2D eigenvalue weighted by Crippen LogP contribution is 2.16. The Hall–Kier alpha value is -1.81. The van der Waals surface area contributed by atoms with Gasteiger partial charge in [0.25, 0.3) is 0 Å². The molecule has 0 atom stereocenters. The van der Waals surface area contributed by atoms with Crippen LogP contribution in [0.15, 0.2) is 30.6 Å². The Morgan fingerprint density at radius 1 is 1.18 bits per heavy atom. The number of hydrogen-bond acceptors (Lipinski definition) is 4. The van der Waals surface area contributed by atoms with Gasteiger partial charge in [-0.2, -0.15) is 0 Å². The van der Waals surface area contributed by atoms with Crippen LogP contribution in [0.2, 0.25) is 0 Å². The van der Waals surface area contributed by atoms with E-state index in [2.05, 4.69) is 15.0 Å². The Morgan fingerprint density at radius 2 is 1.94 bits per heavy atom. The van der Waals surface area contributed by atoms with Crippen LogP contribution in [0.25, 0.3) is 11.3 Å². The predicted octanol–water partition coefficient (Wildman–Crippen LogP) is 1.77. The number of pyridine rings is 1. The van der Waals surface area contributed by atoms with Crippen molar-refractivity contribution in [2.24, 2.45) is 0 Å². The molecule has 0 aliphatic carbocycles. The Morgan fingerprint density at radius 3 is 2.65 bits per heavy atom. The molecule has 1 N–H and O–H groups in total. The molecule has 0 aliphatic rings. The van der Waals surface area contributed by atoms with E-state index in [4.69, 9.17) is 5.11 Å². The van der Waals surface area contributed by atoms with Gasteiger partial charge >= 0.3 is 0 Å². The smallest absolute Gasteiger partial charge is 0.129 e. The number of nitrogens with zero attached hydrogens (tertiary/aromatic N) is 3. The maximum Gasteiger partial charge on any atom is 0.129 e. The first-order valence-electron chi connectivity index (χ1n) is 5.65. The van der Waals surface area contributed by atoms with Gasteiger partial charge < -0.3 is 5.11 Å². The van der Waals surface area contributed by atoms with Crippen LogP contribution in [0, 0.1) is 6.92 Å². The van der Waals surface area contributed by atoms with Gasteiger partial charge in [0.1, 0.15) is 5.82 Å². The van der Waals surface area contributed by atoms with Crippen LogP contribution in [0.1, 0.15) is 17.9 Å². The summed E-state index contributed by atoms with van der Waals surface area (Å²) in [6.45, 7) is 2.12. The predicted molar refractivity (Wildman–Crippen MR) is 65.4 cm³/mol. The molecular weight excluding hydrogens is 214 g/mol. The highest BCUT2D eigenvalue weighted by atomic mass is 16.2. The first kappa shape index (κ1) is 11.7. The van der Waals surface area contributed by atoms with E-state index in [-0.39, 0.29) is 6.61 Å². The molecule has 2 aromatic rings. The van der Waals surface area contributed by atoms with Crippen molar-refractivity contribution in [1.29, 1.82) is 0 Å². The summed E-state index contributed by atoms with van der Waals surface area (Å²) in [4.78, 5) is 12.8. The van der Waals surface area contributed by atoms with Crippen molar-refractivity contribution in [1.82, 2.24) is 15.0 Å². The van der Waals surface area contributed by atoms with Crippen LogP contribution in [0.3, 0.4) is 0 Å². The third-order valence-corrected chi connectivity index (χ3v) is 2.44. The highest BCUT2D eigenvalue weighted by molar-refractivity contribution is 5.58. The number of hydrogen-bond donors (Lipinski definition) is 1. The molecule has 2 heterocycles. The number of aliphatic hydroxyl groups is 1. The van der Waals surface area contributed by atoms with Gasteiger partial charge in [-0.05, 0) is 31.5 Å². The molecule has 17 heavy (non-hydrogen) atoms. The molecule has 0 unspecified atom stereocenters. The summed E-state index contributed by atoms with van der Waals surface area (Å²) in [6, 6.07) is 5.81. The van der Waals surface area contributed by atoms with Gasteiger partial charge in [0, 0.05) is 36.7 Å². The lowest BCUT2D eigenvalue weighted by Crippen LogP contribution is -2.00. The van der Waals surface area contributed by atoms with E-state index in [0.717, 1.165) is 22.8 Å². The van der Waals surface area contributed by atoms with Gasteiger partial charge in [0.15, 0.2) is 0 Å². The number of aliphatic hydroxyl groups excluding tert-OH is 1. The molecule has 4 heteroatoms. The van der Waals surface area contributed by atoms with E-state index >= 15 is 0 Å². The van der Waals surface area contributed by atoms with Crippen LogP contribution in [0.4, 0.5) is 0 Å². The topological polar surface area (TPSA) is 58.9 Å². The second-order valence-electron chi connectivity index (χ2n) is 3.87. The lowest BCUT2D eigenvalue weighted by Gasteiger charge is -2.05. The zero-order valence-corrected chi connectivity index (χ0v) is 9.80. The van der Waals surface area contributed by atoms with Gasteiger partial charge in [0.05, 0.1) is 5.69 Å². The molecule has 0 fully saturated rings. The fourth-order valence-electron chi connectivity index (χ4n) is 1.65. The average Bonchev–Trinajstić information content (AvgIpc) is 2.37. The average molecular weight is 229 g/mol. The second kappa shape index (κ2) is 5.50. The lowest BCUT2D eigenvalue weighted by atomic mass is 10.1. The van der Waals surface area contributed by atoms with Crippen molar-refractivity contribution in [3.63, 3.8) is 0 Å². The summed E-state index contributed by atoms with van der Waals surface area (Å²) in [5.41, 5.74) is 2.89. The number of rotatable bonds is 4. The van der Waals surface area contributed by atoms with Crippen LogP contribution < -0.4 is 0 Å². The number of aromatic nitrogens is 3. The Labute approximate surface area is 100 Å². The van der Waals surface area contributed by atoms with Gasteiger partial charge in [-0.15, -0.1) is 0 Å². The molecule has 0 saturated heterocycles. The fourth-order valence-corrected chi connectivity index (χ4v) is 1.65. The van der Waals surface area contributed by atoms with Crippen LogP contribution >= 0.6 is 0 Å². The van der Waals surface area contributed by atoms with Gasteiger partial charge in [-0.3, -0.25) is 4.98 Å². The standard InChI is InChI=1S/C13H15N3O/c1-10-9-12(11-4-6-14-7-5-11)16-13(15-10)3-2-8-17/h4-7,9,17H,2-3,8H2,1H3. The lowest BCUT2D eigenvalue weighted by molar-refractivity contribution is 0.287. The van der Waals surface area contributed by atoms with Crippen molar-refractivity contribution in [3.8, 4) is 11.3 Å². The highest BCUT2D eigenvalue weighted by Gasteiger charge is 2.04. The molecule has 2 aromatic heterocycles. The Bertz CT molecular complexity index is 485. The largest absolute Gasteiger partial charge is 0.396 e. The monoisotopic (exact) mass is 229 g/mol. The molecule has 0 saturated carbocycles. The summed E-state index contributed by atoms with van der Waals surface area (Å²) >= 11 is 0. The van der Waals surface area contributed by atoms with Crippen molar-refractivity contribution >= 4 is 0 Å². The quantitative estimate of drug-likeness (QED) is 0.868. The SMILES string of the molecule is Cc1cc(-c2ccncc2)nc(CCCO)n1.